The first-order valence-corrected chi connectivity index (χ1v) is 16.1. The van der Waals surface area contributed by atoms with Gasteiger partial charge < -0.3 is 43.7 Å². The van der Waals surface area contributed by atoms with Gasteiger partial charge in [-0.15, -0.1) is 0 Å². The summed E-state index contributed by atoms with van der Waals surface area (Å²) in [6, 6.07) is -0.669. The number of Topliss-reactive ketones (excluding diaryl/α,β-unsaturated/α-hetero) is 1. The van der Waals surface area contributed by atoms with Crippen molar-refractivity contribution in [1.29, 1.82) is 0 Å². The number of aliphatic hydroxyl groups excluding tert-OH is 2. The van der Waals surface area contributed by atoms with Gasteiger partial charge in [0.15, 0.2) is 17.7 Å². The summed E-state index contributed by atoms with van der Waals surface area (Å²) in [6.07, 6.45) is -4.24. The second-order valence-electron chi connectivity index (χ2n) is 8.62. The van der Waals surface area contributed by atoms with Crippen molar-refractivity contribution in [3.63, 3.8) is 0 Å². The van der Waals surface area contributed by atoms with Gasteiger partial charge in [-0.1, -0.05) is 6.58 Å². The van der Waals surface area contributed by atoms with Crippen molar-refractivity contribution in [2.45, 2.75) is 70.5 Å². The van der Waals surface area contributed by atoms with Crippen LogP contribution in [0.1, 0.15) is 40.5 Å². The van der Waals surface area contributed by atoms with Crippen LogP contribution in [0, 0.1) is 0 Å². The molecule has 0 radical (unpaired) electrons. The molecule has 1 saturated heterocycles. The van der Waals surface area contributed by atoms with Gasteiger partial charge in [-0.05, 0) is 33.8 Å². The van der Waals surface area contributed by atoms with Crippen LogP contribution in [0.3, 0.4) is 0 Å². The number of carbonyl (C=O) groups excluding carboxylic acids is 3. The molecule has 17 heteroatoms. The van der Waals surface area contributed by atoms with E-state index in [1.165, 1.54) is 12.3 Å². The Morgan fingerprint density at radius 2 is 1.57 bits per heavy atom. The lowest BCUT2D eigenvalue weighted by Crippen LogP contribution is -2.49. The van der Waals surface area contributed by atoms with E-state index in [1.54, 1.807) is 27.7 Å². The van der Waals surface area contributed by atoms with Gasteiger partial charge in [-0.25, -0.2) is 4.79 Å². The Balaban J connectivity index is 2.06. The summed E-state index contributed by atoms with van der Waals surface area (Å²) < 4.78 is 54.0. The highest BCUT2D eigenvalue weighted by Gasteiger charge is 2.52. The molecule has 0 spiro atoms. The van der Waals surface area contributed by atoms with Crippen LogP contribution in [0.25, 0.3) is 0 Å². The first-order valence-electron chi connectivity index (χ1n) is 12.9. The number of hydrogen-bond donors (Lipinski definition) is 4. The number of hydrogen-bond acceptors (Lipinski definition) is 12. The molecule has 0 saturated carbocycles. The molecule has 4 atom stereocenters. The minimum absolute atomic E-state index is 0.0452. The molecule has 15 nitrogen and oxygen atoms in total. The van der Waals surface area contributed by atoms with Crippen molar-refractivity contribution in [1.82, 2.24) is 15.5 Å². The third-order valence-electron chi connectivity index (χ3n) is 5.79. The van der Waals surface area contributed by atoms with Crippen LogP contribution < -0.4 is 10.6 Å². The van der Waals surface area contributed by atoms with E-state index in [1.807, 2.05) is 0 Å². The number of urea groups is 1. The van der Waals surface area contributed by atoms with Crippen LogP contribution in [-0.2, 0) is 41.6 Å². The lowest BCUT2D eigenvalue weighted by molar-refractivity contribution is -0.138. The van der Waals surface area contributed by atoms with Crippen LogP contribution in [0.15, 0.2) is 24.6 Å². The second-order valence-corrected chi connectivity index (χ2v) is 13.5. The molecule has 2 rings (SSSR count). The van der Waals surface area contributed by atoms with E-state index in [2.05, 4.69) is 17.2 Å². The van der Waals surface area contributed by atoms with Crippen LogP contribution in [0.5, 0.6) is 0 Å². The minimum Gasteiger partial charge on any atom is -0.387 e. The Labute approximate surface area is 233 Å². The van der Waals surface area contributed by atoms with E-state index < -0.39 is 69.3 Å². The number of carbonyl (C=O) groups is 3. The fourth-order valence-corrected chi connectivity index (χ4v) is 9.37. The Kier molecular flexibility index (Phi) is 13.1. The molecule has 0 aromatic carbocycles. The highest BCUT2D eigenvalue weighted by Crippen LogP contribution is 2.71. The molecule has 2 aliphatic rings. The van der Waals surface area contributed by atoms with Gasteiger partial charge in [0.2, 0.25) is 0 Å². The van der Waals surface area contributed by atoms with Gasteiger partial charge in [0.05, 0.1) is 26.4 Å². The maximum atomic E-state index is 13.6. The maximum Gasteiger partial charge on any atom is 0.346 e. The molecule has 3 amide bonds. The fourth-order valence-electron chi connectivity index (χ4n) is 4.05. The van der Waals surface area contributed by atoms with E-state index in [-0.39, 0.29) is 39.4 Å². The monoisotopic (exact) mass is 611 g/mol. The SMILES string of the molecule is C=C1C=CN([C@@H]2O[C@H](C(=O)NCCC(=O)CC(P(=O)(OCC)OCC)P(=O)(OCC)OCC)[C@@H](O)[C@H]2O)C(=O)N1. The number of aliphatic hydroxyl groups is 2. The molecular formula is C23H39N3O12P2. The highest BCUT2D eigenvalue weighted by molar-refractivity contribution is 7.72. The second kappa shape index (κ2) is 15.3. The van der Waals surface area contributed by atoms with Crippen LogP contribution in [0.4, 0.5) is 4.79 Å². The Bertz CT molecular complexity index is 1000. The van der Waals surface area contributed by atoms with E-state index in [0.717, 1.165) is 4.90 Å². The quantitative estimate of drug-likeness (QED) is 0.174. The van der Waals surface area contributed by atoms with Gasteiger partial charge >= 0.3 is 21.2 Å². The molecule has 0 aliphatic carbocycles. The zero-order valence-corrected chi connectivity index (χ0v) is 24.8. The van der Waals surface area contributed by atoms with Crippen LogP contribution in [0.2, 0.25) is 0 Å². The molecule has 0 unspecified atom stereocenters. The molecule has 0 aromatic rings. The maximum absolute atomic E-state index is 13.6. The van der Waals surface area contributed by atoms with Gasteiger partial charge in [0.25, 0.3) is 5.91 Å². The lowest BCUT2D eigenvalue weighted by Gasteiger charge is -2.31. The molecule has 0 bridgehead atoms. The predicted molar refractivity (Wildman–Crippen MR) is 142 cm³/mol. The summed E-state index contributed by atoms with van der Waals surface area (Å²) >= 11 is 0. The number of ether oxygens (including phenoxy) is 1. The van der Waals surface area contributed by atoms with E-state index in [0.29, 0.717) is 5.70 Å². The van der Waals surface area contributed by atoms with Crippen molar-refractivity contribution in [2.75, 3.05) is 33.0 Å². The molecule has 2 aliphatic heterocycles. The number of rotatable bonds is 17. The average Bonchev–Trinajstić information content (AvgIpc) is 3.17. The largest absolute Gasteiger partial charge is 0.387 e. The smallest absolute Gasteiger partial charge is 0.346 e. The summed E-state index contributed by atoms with van der Waals surface area (Å²) in [6.45, 7) is 9.44. The minimum atomic E-state index is -4.13. The Hall–Kier alpha value is -1.93. The summed E-state index contributed by atoms with van der Waals surface area (Å²) in [7, 11) is -8.26. The van der Waals surface area contributed by atoms with Crippen LogP contribution >= 0.6 is 15.2 Å². The van der Waals surface area contributed by atoms with Crippen molar-refractivity contribution in [3.8, 4) is 0 Å². The number of amides is 3. The highest BCUT2D eigenvalue weighted by atomic mass is 31.2. The third-order valence-corrected chi connectivity index (χ3v) is 11.8. The third kappa shape index (κ3) is 8.31. The zero-order chi connectivity index (χ0) is 30.1. The number of ketones is 1. The Morgan fingerprint density at radius 3 is 2.05 bits per heavy atom. The van der Waals surface area contributed by atoms with Gasteiger partial charge in [-0.3, -0.25) is 23.6 Å². The standard InChI is InChI=1S/C23H39N3O12P2/c1-6-34-39(32,35-7-2)17(40(33,36-8-3)37-9-4)14-16(27)10-12-24-21(30)20-18(28)19(29)22(38-20)26-13-11-15(5)25-23(26)31/h11,13,17-20,22,28-29H,5-10,12,14H2,1-4H3,(H,24,30)(H,25,31)/t18-,19+,20-,22+/m0/s1. The molecule has 4 N–H and O–H groups in total. The number of nitrogens with one attached hydrogen (secondary N) is 2. The zero-order valence-electron chi connectivity index (χ0n) is 23.0. The summed E-state index contributed by atoms with van der Waals surface area (Å²) in [5.74, 6) is -1.39. The summed E-state index contributed by atoms with van der Waals surface area (Å²) in [5, 5.41) is 24.0. The summed E-state index contributed by atoms with van der Waals surface area (Å²) in [4.78, 5) is 38.7. The van der Waals surface area contributed by atoms with E-state index in [4.69, 9.17) is 22.8 Å². The molecular weight excluding hydrogens is 572 g/mol. The average molecular weight is 612 g/mol. The normalized spacial score (nSPS) is 23.5. The van der Waals surface area contributed by atoms with Crippen molar-refractivity contribution < 1.29 is 56.6 Å². The van der Waals surface area contributed by atoms with Gasteiger partial charge in [-0.2, -0.15) is 0 Å². The topological polar surface area (TPSA) is 199 Å². The van der Waals surface area contributed by atoms with Crippen LogP contribution in [-0.4, -0.2) is 95.7 Å². The van der Waals surface area contributed by atoms with Crippen molar-refractivity contribution in [2.24, 2.45) is 0 Å². The number of allylic oxidation sites excluding steroid dienone is 1. The molecule has 228 valence electrons. The molecule has 40 heavy (non-hydrogen) atoms. The van der Waals surface area contributed by atoms with E-state index in [9.17, 15) is 33.7 Å². The molecule has 2 heterocycles. The van der Waals surface area contributed by atoms with Crippen molar-refractivity contribution >= 4 is 32.9 Å². The first kappa shape index (κ1) is 34.3. The summed E-state index contributed by atoms with van der Waals surface area (Å²) in [5.41, 5.74) is 0.313. The number of nitrogens with zero attached hydrogens (tertiary/aromatic N) is 1. The molecule has 0 aromatic heterocycles. The van der Waals surface area contributed by atoms with E-state index >= 15 is 0 Å². The first-order chi connectivity index (χ1) is 18.9. The van der Waals surface area contributed by atoms with Gasteiger partial charge in [0.1, 0.15) is 18.0 Å². The van der Waals surface area contributed by atoms with Crippen molar-refractivity contribution in [3.05, 3.63) is 24.6 Å². The molecule has 1 fully saturated rings. The lowest BCUT2D eigenvalue weighted by atomic mass is 10.1. The fraction of sp³-hybridized carbons (Fsp3) is 0.696. The van der Waals surface area contributed by atoms with Gasteiger partial charge in [0, 0.05) is 31.3 Å². The predicted octanol–water partition coefficient (Wildman–Crippen LogP) is 1.81. The Morgan fingerprint density at radius 1 is 1.05 bits per heavy atom.